The third-order valence-electron chi connectivity index (χ3n) is 4.65. The van der Waals surface area contributed by atoms with Gasteiger partial charge in [-0.15, -0.1) is 0 Å². The van der Waals surface area contributed by atoms with Crippen LogP contribution in [0.2, 0.25) is 0 Å². The van der Waals surface area contributed by atoms with Crippen molar-refractivity contribution in [1.82, 2.24) is 10.2 Å². The highest BCUT2D eigenvalue weighted by atomic mass is 79.9. The first-order valence-electron chi connectivity index (χ1n) is 7.54. The number of benzene rings is 1. The van der Waals surface area contributed by atoms with E-state index in [9.17, 15) is 0 Å². The molecule has 0 radical (unpaired) electrons. The highest BCUT2D eigenvalue weighted by molar-refractivity contribution is 9.10. The fourth-order valence-electron chi connectivity index (χ4n) is 3.64. The van der Waals surface area contributed by atoms with E-state index in [0.717, 1.165) is 6.54 Å². The number of fused-ring (bicyclic) bond motifs is 1. The second-order valence-electron chi connectivity index (χ2n) is 5.74. The van der Waals surface area contributed by atoms with Crippen LogP contribution in [0.15, 0.2) is 22.7 Å². The molecule has 0 amide bonds. The van der Waals surface area contributed by atoms with Gasteiger partial charge in [-0.3, -0.25) is 4.90 Å². The summed E-state index contributed by atoms with van der Waals surface area (Å²) in [6, 6.07) is 8.01. The minimum atomic E-state index is 0.625. The molecular weight excluding hydrogens is 300 g/mol. The van der Waals surface area contributed by atoms with Gasteiger partial charge >= 0.3 is 0 Å². The van der Waals surface area contributed by atoms with Gasteiger partial charge in [-0.2, -0.15) is 0 Å². The zero-order chi connectivity index (χ0) is 13.2. The molecule has 1 aromatic carbocycles. The van der Waals surface area contributed by atoms with Crippen molar-refractivity contribution in [3.63, 3.8) is 0 Å². The average molecular weight is 323 g/mol. The number of nitrogens with zero attached hydrogens (tertiary/aromatic N) is 1. The first kappa shape index (κ1) is 13.6. The Balaban J connectivity index is 1.76. The van der Waals surface area contributed by atoms with Crippen molar-refractivity contribution >= 4 is 15.9 Å². The Labute approximate surface area is 124 Å². The minimum absolute atomic E-state index is 0.625. The molecule has 1 fully saturated rings. The van der Waals surface area contributed by atoms with Crippen molar-refractivity contribution in [2.45, 2.75) is 44.7 Å². The highest BCUT2D eigenvalue weighted by Crippen LogP contribution is 2.39. The number of hydrogen-bond acceptors (Lipinski definition) is 2. The molecule has 0 aromatic heterocycles. The van der Waals surface area contributed by atoms with Crippen LogP contribution in [0, 0.1) is 0 Å². The molecular formula is C16H23BrN2. The van der Waals surface area contributed by atoms with Crippen LogP contribution in [0.1, 0.15) is 43.4 Å². The Kier molecular flexibility index (Phi) is 4.25. The molecule has 3 rings (SSSR count). The van der Waals surface area contributed by atoms with Crippen molar-refractivity contribution in [3.8, 4) is 0 Å². The normalized spacial score (nSPS) is 26.1. The SMILES string of the molecule is CCN(CC1CCCN1)C1CCc2c(Br)cccc21. The molecule has 0 saturated carbocycles. The summed E-state index contributed by atoms with van der Waals surface area (Å²) < 4.78 is 1.29. The largest absolute Gasteiger partial charge is 0.313 e. The molecule has 0 bridgehead atoms. The molecule has 2 aliphatic rings. The average Bonchev–Trinajstić information content (AvgIpc) is 3.05. The van der Waals surface area contributed by atoms with Crippen LogP contribution in [0.4, 0.5) is 0 Å². The molecule has 0 spiro atoms. The van der Waals surface area contributed by atoms with Crippen molar-refractivity contribution in [1.29, 1.82) is 0 Å². The predicted molar refractivity (Wildman–Crippen MR) is 83.5 cm³/mol. The van der Waals surface area contributed by atoms with Crippen LogP contribution in [0.3, 0.4) is 0 Å². The number of nitrogens with one attached hydrogen (secondary N) is 1. The zero-order valence-electron chi connectivity index (χ0n) is 11.7. The maximum atomic E-state index is 3.70. The molecule has 1 saturated heterocycles. The zero-order valence-corrected chi connectivity index (χ0v) is 13.2. The molecule has 3 heteroatoms. The summed E-state index contributed by atoms with van der Waals surface area (Å²) in [6.45, 7) is 5.85. The summed E-state index contributed by atoms with van der Waals surface area (Å²) in [5.41, 5.74) is 3.08. The van der Waals surface area contributed by atoms with Crippen molar-refractivity contribution in [2.75, 3.05) is 19.6 Å². The topological polar surface area (TPSA) is 15.3 Å². The Morgan fingerprint density at radius 1 is 1.37 bits per heavy atom. The lowest BCUT2D eigenvalue weighted by molar-refractivity contribution is 0.189. The number of hydrogen-bond donors (Lipinski definition) is 1. The van der Waals surface area contributed by atoms with Gasteiger partial charge in [0.05, 0.1) is 0 Å². The Bertz CT molecular complexity index is 440. The first-order chi connectivity index (χ1) is 9.29. The monoisotopic (exact) mass is 322 g/mol. The Morgan fingerprint density at radius 3 is 3.00 bits per heavy atom. The lowest BCUT2D eigenvalue weighted by Crippen LogP contribution is -2.39. The smallest absolute Gasteiger partial charge is 0.0354 e. The molecule has 1 N–H and O–H groups in total. The second-order valence-corrected chi connectivity index (χ2v) is 6.60. The van der Waals surface area contributed by atoms with Gasteiger partial charge in [0.2, 0.25) is 0 Å². The fraction of sp³-hybridized carbons (Fsp3) is 0.625. The van der Waals surface area contributed by atoms with Crippen LogP contribution >= 0.6 is 15.9 Å². The molecule has 2 unspecified atom stereocenters. The van der Waals surface area contributed by atoms with Gasteiger partial charge < -0.3 is 5.32 Å². The fourth-order valence-corrected chi connectivity index (χ4v) is 4.22. The van der Waals surface area contributed by atoms with E-state index in [1.165, 1.54) is 48.8 Å². The summed E-state index contributed by atoms with van der Waals surface area (Å²) in [7, 11) is 0. The van der Waals surface area contributed by atoms with E-state index in [4.69, 9.17) is 0 Å². The maximum absolute atomic E-state index is 3.70. The molecule has 2 atom stereocenters. The second kappa shape index (κ2) is 5.94. The molecule has 1 aliphatic heterocycles. The molecule has 1 aromatic rings. The Hall–Kier alpha value is -0.380. The first-order valence-corrected chi connectivity index (χ1v) is 8.33. The van der Waals surface area contributed by atoms with Crippen LogP contribution in [0.5, 0.6) is 0 Å². The molecule has 1 aliphatic carbocycles. The third-order valence-corrected chi connectivity index (χ3v) is 5.39. The van der Waals surface area contributed by atoms with Crippen molar-refractivity contribution in [3.05, 3.63) is 33.8 Å². The standard InChI is InChI=1S/C16H23BrN2/c1-2-19(11-12-5-4-10-18-12)16-9-8-13-14(16)6-3-7-15(13)17/h3,6-7,12,16,18H,2,4-5,8-11H2,1H3. The van der Waals surface area contributed by atoms with Gasteiger partial charge in [0.25, 0.3) is 0 Å². The van der Waals surface area contributed by atoms with Crippen molar-refractivity contribution < 1.29 is 0 Å². The van der Waals surface area contributed by atoms with Gasteiger partial charge in [-0.05, 0) is 56.0 Å². The van der Waals surface area contributed by atoms with Gasteiger partial charge in [0, 0.05) is 23.1 Å². The van der Waals surface area contributed by atoms with E-state index in [0.29, 0.717) is 12.1 Å². The van der Waals surface area contributed by atoms with E-state index in [-0.39, 0.29) is 0 Å². The summed E-state index contributed by atoms with van der Waals surface area (Å²) in [5.74, 6) is 0. The van der Waals surface area contributed by atoms with Crippen LogP contribution < -0.4 is 5.32 Å². The lowest BCUT2D eigenvalue weighted by Gasteiger charge is -2.31. The Morgan fingerprint density at radius 2 is 2.26 bits per heavy atom. The van der Waals surface area contributed by atoms with Gasteiger partial charge in [0.15, 0.2) is 0 Å². The van der Waals surface area contributed by atoms with Crippen LogP contribution in [-0.4, -0.2) is 30.6 Å². The van der Waals surface area contributed by atoms with Crippen LogP contribution in [-0.2, 0) is 6.42 Å². The van der Waals surface area contributed by atoms with Gasteiger partial charge in [-0.25, -0.2) is 0 Å². The van der Waals surface area contributed by atoms with Gasteiger partial charge in [0.1, 0.15) is 0 Å². The van der Waals surface area contributed by atoms with E-state index < -0.39 is 0 Å². The van der Waals surface area contributed by atoms with Crippen molar-refractivity contribution in [2.24, 2.45) is 0 Å². The number of rotatable bonds is 4. The predicted octanol–water partition coefficient (Wildman–Crippen LogP) is 3.51. The summed E-state index contributed by atoms with van der Waals surface area (Å²) in [4.78, 5) is 2.67. The maximum Gasteiger partial charge on any atom is 0.0354 e. The van der Waals surface area contributed by atoms with Crippen LogP contribution in [0.25, 0.3) is 0 Å². The summed E-state index contributed by atoms with van der Waals surface area (Å²) in [5, 5.41) is 3.63. The van der Waals surface area contributed by atoms with E-state index in [1.54, 1.807) is 5.56 Å². The molecule has 104 valence electrons. The van der Waals surface area contributed by atoms with E-state index in [1.807, 2.05) is 0 Å². The summed E-state index contributed by atoms with van der Waals surface area (Å²) in [6.07, 6.45) is 5.18. The molecule has 19 heavy (non-hydrogen) atoms. The third kappa shape index (κ3) is 2.74. The number of likely N-dealkylation sites (N-methyl/N-ethyl adjacent to an activating group) is 1. The molecule has 2 nitrogen and oxygen atoms in total. The number of halogens is 1. The van der Waals surface area contributed by atoms with E-state index in [2.05, 4.69) is 51.3 Å². The lowest BCUT2D eigenvalue weighted by atomic mass is 10.1. The van der Waals surface area contributed by atoms with E-state index >= 15 is 0 Å². The van der Waals surface area contributed by atoms with Gasteiger partial charge in [-0.1, -0.05) is 35.0 Å². The molecule has 1 heterocycles. The quantitative estimate of drug-likeness (QED) is 0.912. The summed E-state index contributed by atoms with van der Waals surface area (Å²) >= 11 is 3.70. The highest BCUT2D eigenvalue weighted by Gasteiger charge is 2.30. The minimum Gasteiger partial charge on any atom is -0.313 e.